The monoisotopic (exact) mass is 298 g/mol. The zero-order chi connectivity index (χ0) is 14.0. The Morgan fingerprint density at radius 3 is 2.68 bits per heavy atom. The molecule has 2 aromatic rings. The molecule has 0 saturated carbocycles. The topological polar surface area (TPSA) is 98.0 Å². The molecule has 0 atom stereocenters. The zero-order valence-corrected chi connectivity index (χ0v) is 11.5. The summed E-state index contributed by atoms with van der Waals surface area (Å²) in [5, 5.41) is 0.252. The molecular formula is C11H11ClN4O2S. The van der Waals surface area contributed by atoms with Crippen LogP contribution in [-0.4, -0.2) is 18.4 Å². The molecule has 0 amide bonds. The second-order valence-electron chi connectivity index (χ2n) is 3.81. The molecular weight excluding hydrogens is 288 g/mol. The van der Waals surface area contributed by atoms with E-state index in [1.807, 2.05) is 0 Å². The van der Waals surface area contributed by atoms with Crippen molar-refractivity contribution in [3.05, 3.63) is 41.3 Å². The van der Waals surface area contributed by atoms with E-state index in [0.29, 0.717) is 11.3 Å². The quantitative estimate of drug-likeness (QED) is 0.842. The molecule has 0 saturated heterocycles. The van der Waals surface area contributed by atoms with Crippen molar-refractivity contribution in [3.8, 4) is 0 Å². The fraction of sp³-hybridized carbons (Fsp3) is 0.0909. The first-order valence-corrected chi connectivity index (χ1v) is 7.11. The predicted molar refractivity (Wildman–Crippen MR) is 73.4 cm³/mol. The maximum absolute atomic E-state index is 12.2. The van der Waals surface area contributed by atoms with Crippen molar-refractivity contribution in [2.45, 2.75) is 11.8 Å². The summed E-state index contributed by atoms with van der Waals surface area (Å²) >= 11 is 5.83. The number of nitrogens with zero attached hydrogens (tertiary/aromatic N) is 2. The molecule has 6 nitrogen and oxygen atoms in total. The first kappa shape index (κ1) is 13.6. The van der Waals surface area contributed by atoms with Gasteiger partial charge in [0.15, 0.2) is 5.82 Å². The standard InChI is InChI=1S/C11H11ClN4O2S/c1-7-9(13)4-8(12)5-10(7)19(17,18)16-11-6-14-2-3-15-11/h2-6H,13H2,1H3,(H,15,16). The number of anilines is 2. The van der Waals surface area contributed by atoms with Crippen molar-refractivity contribution in [1.82, 2.24) is 9.97 Å². The first-order valence-electron chi connectivity index (χ1n) is 5.24. The summed E-state index contributed by atoms with van der Waals surface area (Å²) in [5.41, 5.74) is 6.45. The lowest BCUT2D eigenvalue weighted by molar-refractivity contribution is 0.600. The molecule has 8 heteroatoms. The van der Waals surface area contributed by atoms with Crippen LogP contribution in [0.4, 0.5) is 11.5 Å². The summed E-state index contributed by atoms with van der Waals surface area (Å²) in [6.07, 6.45) is 4.14. The minimum atomic E-state index is -3.81. The van der Waals surface area contributed by atoms with E-state index < -0.39 is 10.0 Å². The van der Waals surface area contributed by atoms with E-state index in [1.165, 1.54) is 30.7 Å². The number of hydrogen-bond acceptors (Lipinski definition) is 5. The molecule has 0 aliphatic heterocycles. The van der Waals surface area contributed by atoms with E-state index in [2.05, 4.69) is 14.7 Å². The highest BCUT2D eigenvalue weighted by atomic mass is 35.5. The van der Waals surface area contributed by atoms with Crippen LogP contribution in [0, 0.1) is 6.92 Å². The van der Waals surface area contributed by atoms with Crippen molar-refractivity contribution in [3.63, 3.8) is 0 Å². The van der Waals surface area contributed by atoms with Crippen molar-refractivity contribution in [2.75, 3.05) is 10.5 Å². The van der Waals surface area contributed by atoms with Crippen molar-refractivity contribution in [1.29, 1.82) is 0 Å². The maximum Gasteiger partial charge on any atom is 0.263 e. The number of hydrogen-bond donors (Lipinski definition) is 2. The Hall–Kier alpha value is -1.86. The molecule has 19 heavy (non-hydrogen) atoms. The zero-order valence-electron chi connectivity index (χ0n) is 9.96. The molecule has 2 rings (SSSR count). The molecule has 0 unspecified atom stereocenters. The minimum Gasteiger partial charge on any atom is -0.398 e. The van der Waals surface area contributed by atoms with Crippen LogP contribution in [0.25, 0.3) is 0 Å². The van der Waals surface area contributed by atoms with E-state index in [4.69, 9.17) is 17.3 Å². The lowest BCUT2D eigenvalue weighted by Crippen LogP contribution is -2.16. The SMILES string of the molecule is Cc1c(N)cc(Cl)cc1S(=O)(=O)Nc1cnccn1. The van der Waals surface area contributed by atoms with E-state index in [1.54, 1.807) is 6.92 Å². The summed E-state index contributed by atoms with van der Waals surface area (Å²) in [6.45, 7) is 1.61. The summed E-state index contributed by atoms with van der Waals surface area (Å²) in [6, 6.07) is 2.84. The van der Waals surface area contributed by atoms with Gasteiger partial charge in [-0.05, 0) is 24.6 Å². The number of halogens is 1. The molecule has 3 N–H and O–H groups in total. The van der Waals surface area contributed by atoms with Gasteiger partial charge in [-0.2, -0.15) is 0 Å². The van der Waals surface area contributed by atoms with Gasteiger partial charge >= 0.3 is 0 Å². The molecule has 1 aromatic carbocycles. The van der Waals surface area contributed by atoms with Gasteiger partial charge < -0.3 is 5.73 Å². The number of rotatable bonds is 3. The molecule has 0 radical (unpaired) electrons. The third kappa shape index (κ3) is 2.94. The third-order valence-corrected chi connectivity index (χ3v) is 4.16. The fourth-order valence-electron chi connectivity index (χ4n) is 1.50. The average molecular weight is 299 g/mol. The van der Waals surface area contributed by atoms with E-state index in [0.717, 1.165) is 0 Å². The summed E-state index contributed by atoms with van der Waals surface area (Å²) < 4.78 is 26.8. The van der Waals surface area contributed by atoms with Crippen molar-refractivity contribution < 1.29 is 8.42 Å². The van der Waals surface area contributed by atoms with Crippen LogP contribution in [0.2, 0.25) is 5.02 Å². The summed E-state index contributed by atoms with van der Waals surface area (Å²) in [5.74, 6) is 0.125. The Bertz CT molecular complexity index is 704. The number of nitrogens with one attached hydrogen (secondary N) is 1. The van der Waals surface area contributed by atoms with Crippen LogP contribution >= 0.6 is 11.6 Å². The third-order valence-electron chi connectivity index (χ3n) is 2.46. The summed E-state index contributed by atoms with van der Waals surface area (Å²) in [4.78, 5) is 7.64. The van der Waals surface area contributed by atoms with Gasteiger partial charge in [-0.25, -0.2) is 13.4 Å². The molecule has 0 aliphatic rings. The molecule has 1 aromatic heterocycles. The molecule has 0 spiro atoms. The molecule has 100 valence electrons. The summed E-state index contributed by atoms with van der Waals surface area (Å²) in [7, 11) is -3.81. The van der Waals surface area contributed by atoms with Gasteiger partial charge in [0.05, 0.1) is 11.1 Å². The van der Waals surface area contributed by atoms with Gasteiger partial charge in [0, 0.05) is 23.1 Å². The normalized spacial score (nSPS) is 11.3. The predicted octanol–water partition coefficient (Wildman–Crippen LogP) is 1.82. The van der Waals surface area contributed by atoms with E-state index >= 15 is 0 Å². The Kier molecular flexibility index (Phi) is 3.59. The lowest BCUT2D eigenvalue weighted by atomic mass is 10.2. The highest BCUT2D eigenvalue weighted by Gasteiger charge is 2.19. The smallest absolute Gasteiger partial charge is 0.263 e. The second-order valence-corrected chi connectivity index (χ2v) is 5.90. The van der Waals surface area contributed by atoms with Gasteiger partial charge in [0.1, 0.15) is 0 Å². The molecule has 1 heterocycles. The van der Waals surface area contributed by atoms with Crippen LogP contribution in [-0.2, 0) is 10.0 Å². The average Bonchev–Trinajstić information content (AvgIpc) is 2.34. The highest BCUT2D eigenvalue weighted by molar-refractivity contribution is 7.92. The van der Waals surface area contributed by atoms with Crippen LogP contribution < -0.4 is 10.5 Å². The van der Waals surface area contributed by atoms with Crippen molar-refractivity contribution >= 4 is 33.1 Å². The van der Waals surface area contributed by atoms with Crippen LogP contribution in [0.5, 0.6) is 0 Å². The number of nitrogen functional groups attached to an aromatic ring is 1. The fourth-order valence-corrected chi connectivity index (χ4v) is 3.08. The number of benzene rings is 1. The Labute approximate surface area is 115 Å². The highest BCUT2D eigenvalue weighted by Crippen LogP contribution is 2.27. The van der Waals surface area contributed by atoms with Crippen LogP contribution in [0.3, 0.4) is 0 Å². The molecule has 0 bridgehead atoms. The van der Waals surface area contributed by atoms with Gasteiger partial charge in [0.2, 0.25) is 0 Å². The van der Waals surface area contributed by atoms with Crippen molar-refractivity contribution in [2.24, 2.45) is 0 Å². The minimum absolute atomic E-state index is 0.0168. The Morgan fingerprint density at radius 2 is 2.05 bits per heavy atom. The van der Waals surface area contributed by atoms with Gasteiger partial charge in [0.25, 0.3) is 10.0 Å². The van der Waals surface area contributed by atoms with Crippen LogP contribution in [0.1, 0.15) is 5.56 Å². The van der Waals surface area contributed by atoms with Gasteiger partial charge in [-0.15, -0.1) is 0 Å². The lowest BCUT2D eigenvalue weighted by Gasteiger charge is -2.11. The number of aromatic nitrogens is 2. The Balaban J connectivity index is 2.46. The van der Waals surface area contributed by atoms with Gasteiger partial charge in [-0.3, -0.25) is 9.71 Å². The number of nitrogens with two attached hydrogens (primary N) is 1. The second kappa shape index (κ2) is 5.02. The maximum atomic E-state index is 12.2. The first-order chi connectivity index (χ1) is 8.90. The number of sulfonamides is 1. The van der Waals surface area contributed by atoms with Crippen LogP contribution in [0.15, 0.2) is 35.6 Å². The molecule has 0 fully saturated rings. The van der Waals surface area contributed by atoms with E-state index in [-0.39, 0.29) is 15.7 Å². The van der Waals surface area contributed by atoms with E-state index in [9.17, 15) is 8.42 Å². The Morgan fingerprint density at radius 1 is 1.32 bits per heavy atom. The largest absolute Gasteiger partial charge is 0.398 e. The molecule has 0 aliphatic carbocycles. The van der Waals surface area contributed by atoms with Gasteiger partial charge in [-0.1, -0.05) is 11.6 Å².